The summed E-state index contributed by atoms with van der Waals surface area (Å²) in [4.78, 5) is 0. The van der Waals surface area contributed by atoms with E-state index in [0.717, 1.165) is 5.56 Å². The topological polar surface area (TPSA) is 72.0 Å². The zero-order valence-corrected chi connectivity index (χ0v) is 17.1. The Hall–Kier alpha value is -2.51. The van der Waals surface area contributed by atoms with Crippen LogP contribution in [0, 0.1) is 0 Å². The van der Waals surface area contributed by atoms with Crippen molar-refractivity contribution in [2.75, 3.05) is 31.6 Å². The molecule has 0 saturated carbocycles. The summed E-state index contributed by atoms with van der Waals surface area (Å²) in [6, 6.07) is 10.6. The van der Waals surface area contributed by atoms with Crippen LogP contribution in [0.25, 0.3) is 0 Å². The third kappa shape index (κ3) is 5.48. The molecule has 0 spiro atoms. The summed E-state index contributed by atoms with van der Waals surface area (Å²) in [6.45, 7) is 6.36. The van der Waals surface area contributed by atoms with Crippen molar-refractivity contribution in [3.63, 3.8) is 0 Å². The highest BCUT2D eigenvalue weighted by Gasteiger charge is 2.24. The van der Waals surface area contributed by atoms with Gasteiger partial charge in [-0.3, -0.25) is 0 Å². The molecule has 2 aromatic rings. The number of phenolic OH excluding ortho intramolecular Hbond substituents is 1. The SMILES string of the molecule is COCOc1c(NC(=S)Nc2ccccc2O)cc(OC)cc1C(C)(C)C. The fraction of sp³-hybridized carbons (Fsp3) is 0.350. The van der Waals surface area contributed by atoms with E-state index in [0.29, 0.717) is 28.0 Å². The summed E-state index contributed by atoms with van der Waals surface area (Å²) in [5, 5.41) is 16.3. The maximum absolute atomic E-state index is 9.92. The zero-order chi connectivity index (χ0) is 20.0. The van der Waals surface area contributed by atoms with Crippen molar-refractivity contribution in [3.05, 3.63) is 42.0 Å². The van der Waals surface area contributed by atoms with Gasteiger partial charge in [-0.05, 0) is 35.8 Å². The molecule has 0 unspecified atom stereocenters. The van der Waals surface area contributed by atoms with Gasteiger partial charge in [-0.1, -0.05) is 32.9 Å². The fourth-order valence-electron chi connectivity index (χ4n) is 2.50. The summed E-state index contributed by atoms with van der Waals surface area (Å²) >= 11 is 5.41. The maximum Gasteiger partial charge on any atom is 0.188 e. The minimum absolute atomic E-state index is 0.101. The van der Waals surface area contributed by atoms with Crippen molar-refractivity contribution in [2.45, 2.75) is 26.2 Å². The van der Waals surface area contributed by atoms with Crippen LogP contribution in [0.3, 0.4) is 0 Å². The molecule has 0 bridgehead atoms. The number of thiocarbonyl (C=S) groups is 1. The van der Waals surface area contributed by atoms with Crippen LogP contribution in [0.15, 0.2) is 36.4 Å². The molecule has 0 aliphatic heterocycles. The largest absolute Gasteiger partial charge is 0.506 e. The number of phenols is 1. The van der Waals surface area contributed by atoms with Crippen molar-refractivity contribution < 1.29 is 19.3 Å². The van der Waals surface area contributed by atoms with Crippen molar-refractivity contribution >= 4 is 28.7 Å². The number of benzene rings is 2. The lowest BCUT2D eigenvalue weighted by atomic mass is 9.85. The minimum Gasteiger partial charge on any atom is -0.506 e. The van der Waals surface area contributed by atoms with E-state index in [9.17, 15) is 5.11 Å². The highest BCUT2D eigenvalue weighted by Crippen LogP contribution is 2.40. The van der Waals surface area contributed by atoms with Crippen LogP contribution in [0.1, 0.15) is 26.3 Å². The zero-order valence-electron chi connectivity index (χ0n) is 16.3. The summed E-state index contributed by atoms with van der Waals surface area (Å²) < 4.78 is 16.4. The number of ether oxygens (including phenoxy) is 3. The van der Waals surface area contributed by atoms with Crippen LogP contribution in [-0.2, 0) is 10.2 Å². The van der Waals surface area contributed by atoms with E-state index < -0.39 is 0 Å². The molecule has 0 fully saturated rings. The summed E-state index contributed by atoms with van der Waals surface area (Å²) in [7, 11) is 3.18. The van der Waals surface area contributed by atoms with E-state index in [1.807, 2.05) is 6.07 Å². The van der Waals surface area contributed by atoms with Crippen LogP contribution in [0.2, 0.25) is 0 Å². The lowest BCUT2D eigenvalue weighted by Crippen LogP contribution is -2.22. The summed E-state index contributed by atoms with van der Waals surface area (Å²) in [5.74, 6) is 1.42. The van der Waals surface area contributed by atoms with E-state index in [2.05, 4.69) is 31.4 Å². The minimum atomic E-state index is -0.194. The van der Waals surface area contributed by atoms with Crippen LogP contribution < -0.4 is 20.1 Å². The molecule has 2 rings (SSSR count). The highest BCUT2D eigenvalue weighted by molar-refractivity contribution is 7.80. The second-order valence-corrected chi connectivity index (χ2v) is 7.36. The Morgan fingerprint density at radius 3 is 2.33 bits per heavy atom. The van der Waals surface area contributed by atoms with Crippen molar-refractivity contribution in [2.24, 2.45) is 0 Å². The van der Waals surface area contributed by atoms with Crippen molar-refractivity contribution in [1.82, 2.24) is 0 Å². The van der Waals surface area contributed by atoms with Gasteiger partial charge < -0.3 is 30.0 Å². The average molecular weight is 391 g/mol. The van der Waals surface area contributed by atoms with Crippen LogP contribution in [0.4, 0.5) is 11.4 Å². The molecule has 0 atom stereocenters. The molecule has 0 aliphatic carbocycles. The monoisotopic (exact) mass is 390 g/mol. The quantitative estimate of drug-likeness (QED) is 0.381. The van der Waals surface area contributed by atoms with E-state index in [1.165, 1.54) is 0 Å². The van der Waals surface area contributed by atoms with E-state index in [4.69, 9.17) is 26.4 Å². The molecule has 0 aromatic heterocycles. The predicted octanol–water partition coefficient (Wildman–Crippen LogP) is 4.49. The first-order chi connectivity index (χ1) is 12.8. The number of hydrogen-bond donors (Lipinski definition) is 3. The number of methoxy groups -OCH3 is 2. The summed E-state index contributed by atoms with van der Waals surface area (Å²) in [6.07, 6.45) is 0. The number of rotatable bonds is 6. The molecule has 27 heavy (non-hydrogen) atoms. The number of hydrogen-bond acceptors (Lipinski definition) is 5. The number of para-hydroxylation sites is 2. The van der Waals surface area contributed by atoms with Gasteiger partial charge in [0.2, 0.25) is 0 Å². The predicted molar refractivity (Wildman–Crippen MR) is 112 cm³/mol. The van der Waals surface area contributed by atoms with Gasteiger partial charge in [-0.15, -0.1) is 0 Å². The van der Waals surface area contributed by atoms with E-state index in [-0.39, 0.29) is 18.0 Å². The van der Waals surface area contributed by atoms with Gasteiger partial charge in [-0.2, -0.15) is 0 Å². The second-order valence-electron chi connectivity index (χ2n) is 6.95. The van der Waals surface area contributed by atoms with Gasteiger partial charge >= 0.3 is 0 Å². The molecule has 3 N–H and O–H groups in total. The van der Waals surface area contributed by atoms with Gasteiger partial charge in [-0.25, -0.2) is 0 Å². The van der Waals surface area contributed by atoms with Gasteiger partial charge in [0, 0.05) is 18.7 Å². The second kappa shape index (κ2) is 8.92. The molecule has 6 nitrogen and oxygen atoms in total. The molecule has 0 amide bonds. The molecule has 2 aromatic carbocycles. The van der Waals surface area contributed by atoms with Gasteiger partial charge in [0.05, 0.1) is 18.5 Å². The molecule has 0 heterocycles. The van der Waals surface area contributed by atoms with E-state index >= 15 is 0 Å². The standard InChI is InChI=1S/C20H26N2O4S/c1-20(2,3)14-10-13(25-5)11-16(18(14)26-12-24-4)22-19(27)21-15-8-6-7-9-17(15)23/h6-11,23H,12H2,1-5H3,(H2,21,22,27). The number of nitrogens with one attached hydrogen (secondary N) is 2. The molecule has 0 saturated heterocycles. The molecule has 7 heteroatoms. The third-order valence-electron chi connectivity index (χ3n) is 3.83. The summed E-state index contributed by atoms with van der Waals surface area (Å²) in [5.41, 5.74) is 1.91. The lowest BCUT2D eigenvalue weighted by Gasteiger charge is -2.26. The first kappa shape index (κ1) is 20.8. The Labute approximate surface area is 165 Å². The van der Waals surface area contributed by atoms with Crippen molar-refractivity contribution in [3.8, 4) is 17.2 Å². The van der Waals surface area contributed by atoms with Gasteiger partial charge in [0.15, 0.2) is 11.9 Å². The molecule has 0 radical (unpaired) electrons. The normalized spacial score (nSPS) is 11.0. The Kier molecular flexibility index (Phi) is 6.87. The molecule has 146 valence electrons. The Bertz CT molecular complexity index is 803. The highest BCUT2D eigenvalue weighted by atomic mass is 32.1. The Morgan fingerprint density at radius 2 is 1.74 bits per heavy atom. The van der Waals surface area contributed by atoms with Gasteiger partial charge in [0.1, 0.15) is 17.2 Å². The first-order valence-electron chi connectivity index (χ1n) is 8.46. The Morgan fingerprint density at radius 1 is 1.07 bits per heavy atom. The Balaban J connectivity index is 2.38. The molecular formula is C20H26N2O4S. The lowest BCUT2D eigenvalue weighted by molar-refractivity contribution is 0.0503. The molecule has 0 aliphatic rings. The smallest absolute Gasteiger partial charge is 0.188 e. The average Bonchev–Trinajstić information content (AvgIpc) is 2.61. The van der Waals surface area contributed by atoms with Crippen LogP contribution in [0.5, 0.6) is 17.2 Å². The van der Waals surface area contributed by atoms with Crippen LogP contribution in [-0.4, -0.2) is 31.2 Å². The number of aromatic hydroxyl groups is 1. The van der Waals surface area contributed by atoms with Crippen molar-refractivity contribution in [1.29, 1.82) is 0 Å². The van der Waals surface area contributed by atoms with Gasteiger partial charge in [0.25, 0.3) is 0 Å². The fourth-order valence-corrected chi connectivity index (χ4v) is 2.72. The number of anilines is 2. The molecular weight excluding hydrogens is 364 g/mol. The third-order valence-corrected chi connectivity index (χ3v) is 4.03. The first-order valence-corrected chi connectivity index (χ1v) is 8.87. The van der Waals surface area contributed by atoms with Crippen LogP contribution >= 0.6 is 12.2 Å². The van der Waals surface area contributed by atoms with E-state index in [1.54, 1.807) is 44.6 Å². The maximum atomic E-state index is 9.92.